The molecule has 0 aliphatic heterocycles. The van der Waals surface area contributed by atoms with Crippen LogP contribution >= 0.6 is 34.8 Å². The molecule has 0 atom stereocenters. The van der Waals surface area contributed by atoms with Crippen LogP contribution in [0.2, 0.25) is 15.1 Å². The minimum absolute atomic E-state index is 0.229. The number of hydrogen-bond donors (Lipinski definition) is 1. The first-order chi connectivity index (χ1) is 12.4. The van der Waals surface area contributed by atoms with Crippen LogP contribution in [0.1, 0.15) is 15.9 Å². The van der Waals surface area contributed by atoms with Crippen LogP contribution in [0, 0.1) is 0 Å². The largest absolute Gasteiger partial charge is 0.322 e. The van der Waals surface area contributed by atoms with E-state index in [9.17, 15) is 9.59 Å². The molecule has 3 rings (SSSR count). The van der Waals surface area contributed by atoms with Gasteiger partial charge in [0.1, 0.15) is 0 Å². The topological polar surface area (TPSA) is 51.1 Å². The summed E-state index contributed by atoms with van der Waals surface area (Å²) in [6.45, 7) is 0.266. The van der Waals surface area contributed by atoms with Gasteiger partial charge in [-0.2, -0.15) is 0 Å². The smallest absolute Gasteiger partial charge is 0.257 e. The van der Waals surface area contributed by atoms with E-state index < -0.39 is 0 Å². The number of pyridine rings is 1. The van der Waals surface area contributed by atoms with Gasteiger partial charge in [-0.25, -0.2) is 0 Å². The van der Waals surface area contributed by atoms with Crippen LogP contribution in [0.3, 0.4) is 0 Å². The van der Waals surface area contributed by atoms with E-state index in [1.807, 2.05) is 18.2 Å². The average molecular weight is 408 g/mol. The van der Waals surface area contributed by atoms with E-state index in [0.29, 0.717) is 26.3 Å². The monoisotopic (exact) mass is 406 g/mol. The van der Waals surface area contributed by atoms with Crippen molar-refractivity contribution >= 4 is 46.4 Å². The van der Waals surface area contributed by atoms with Crippen molar-refractivity contribution < 1.29 is 4.79 Å². The van der Waals surface area contributed by atoms with Crippen molar-refractivity contribution in [2.75, 3.05) is 5.32 Å². The van der Waals surface area contributed by atoms with Gasteiger partial charge in [0.15, 0.2) is 0 Å². The van der Waals surface area contributed by atoms with Gasteiger partial charge in [0, 0.05) is 33.0 Å². The van der Waals surface area contributed by atoms with Crippen LogP contribution < -0.4 is 10.9 Å². The predicted octanol–water partition coefficient (Wildman–Crippen LogP) is 5.11. The Kier molecular flexibility index (Phi) is 5.67. The molecule has 1 aromatic heterocycles. The van der Waals surface area contributed by atoms with E-state index in [-0.39, 0.29) is 18.0 Å². The zero-order chi connectivity index (χ0) is 18.7. The molecule has 4 nitrogen and oxygen atoms in total. The highest BCUT2D eigenvalue weighted by atomic mass is 35.5. The third kappa shape index (κ3) is 4.47. The Morgan fingerprint density at radius 1 is 0.962 bits per heavy atom. The Morgan fingerprint density at radius 3 is 2.35 bits per heavy atom. The van der Waals surface area contributed by atoms with Gasteiger partial charge < -0.3 is 9.88 Å². The van der Waals surface area contributed by atoms with Gasteiger partial charge in [0.2, 0.25) is 0 Å². The van der Waals surface area contributed by atoms with E-state index in [2.05, 4.69) is 5.32 Å². The van der Waals surface area contributed by atoms with E-state index in [4.69, 9.17) is 34.8 Å². The van der Waals surface area contributed by atoms with Gasteiger partial charge in [0.25, 0.3) is 11.5 Å². The second-order valence-electron chi connectivity index (χ2n) is 5.59. The summed E-state index contributed by atoms with van der Waals surface area (Å²) in [5.74, 6) is -0.378. The molecule has 132 valence electrons. The first-order valence-electron chi connectivity index (χ1n) is 7.64. The zero-order valence-electron chi connectivity index (χ0n) is 13.4. The second-order valence-corrected chi connectivity index (χ2v) is 6.87. The van der Waals surface area contributed by atoms with Crippen LogP contribution in [0.25, 0.3) is 0 Å². The molecule has 0 aliphatic rings. The SMILES string of the molecule is O=C(Nc1cc(Cl)cc(Cl)c1)c1ccc(=O)n(Cc2ccccc2Cl)c1. The molecule has 1 amide bonds. The third-order valence-corrected chi connectivity index (χ3v) is 4.47. The van der Waals surface area contributed by atoms with Gasteiger partial charge >= 0.3 is 0 Å². The Hall–Kier alpha value is -2.27. The molecule has 1 heterocycles. The van der Waals surface area contributed by atoms with Gasteiger partial charge in [-0.05, 0) is 35.9 Å². The molecule has 1 N–H and O–H groups in total. The fraction of sp³-hybridized carbons (Fsp3) is 0.0526. The van der Waals surface area contributed by atoms with Crippen LogP contribution in [-0.2, 0) is 6.54 Å². The maximum atomic E-state index is 12.5. The number of carbonyl (C=O) groups excluding carboxylic acids is 1. The van der Waals surface area contributed by atoms with Crippen LogP contribution in [0.5, 0.6) is 0 Å². The fourth-order valence-corrected chi connectivity index (χ4v) is 3.15. The molecule has 2 aromatic carbocycles. The number of nitrogens with one attached hydrogen (secondary N) is 1. The van der Waals surface area contributed by atoms with E-state index in [1.54, 1.807) is 24.3 Å². The lowest BCUT2D eigenvalue weighted by atomic mass is 10.2. The Labute approximate surface area is 164 Å². The normalized spacial score (nSPS) is 10.6. The molecule has 0 radical (unpaired) electrons. The Morgan fingerprint density at radius 2 is 1.65 bits per heavy atom. The number of aromatic nitrogens is 1. The molecule has 0 spiro atoms. The maximum Gasteiger partial charge on any atom is 0.257 e. The molecule has 7 heteroatoms. The van der Waals surface area contributed by atoms with Crippen molar-refractivity contribution in [1.29, 1.82) is 0 Å². The molecule has 0 aliphatic carbocycles. The molecule has 0 unspecified atom stereocenters. The van der Waals surface area contributed by atoms with Crippen molar-refractivity contribution in [3.8, 4) is 0 Å². The van der Waals surface area contributed by atoms with E-state index in [1.165, 1.54) is 22.9 Å². The standard InChI is InChI=1S/C19H13Cl3N2O2/c20-14-7-15(21)9-16(8-14)23-19(26)13-5-6-18(25)24(11-13)10-12-3-1-2-4-17(12)22/h1-9,11H,10H2,(H,23,26). The minimum atomic E-state index is -0.378. The summed E-state index contributed by atoms with van der Waals surface area (Å²) in [4.78, 5) is 24.6. The molecule has 0 saturated carbocycles. The number of benzene rings is 2. The molecule has 0 bridgehead atoms. The van der Waals surface area contributed by atoms with Crippen LogP contribution in [-0.4, -0.2) is 10.5 Å². The van der Waals surface area contributed by atoms with Gasteiger partial charge in [0.05, 0.1) is 12.1 Å². The molecule has 0 saturated heterocycles. The summed E-state index contributed by atoms with van der Waals surface area (Å²) in [6.07, 6.45) is 1.49. The molecular formula is C19H13Cl3N2O2. The number of carbonyl (C=O) groups is 1. The highest BCUT2D eigenvalue weighted by molar-refractivity contribution is 6.35. The summed E-state index contributed by atoms with van der Waals surface area (Å²) in [5.41, 5.74) is 1.35. The number of nitrogens with zero attached hydrogens (tertiary/aromatic N) is 1. The third-order valence-electron chi connectivity index (χ3n) is 3.66. The van der Waals surface area contributed by atoms with Crippen molar-refractivity contribution in [3.05, 3.63) is 97.3 Å². The van der Waals surface area contributed by atoms with Crippen molar-refractivity contribution in [2.24, 2.45) is 0 Å². The summed E-state index contributed by atoms with van der Waals surface area (Å²) in [7, 11) is 0. The molecule has 0 fully saturated rings. The average Bonchev–Trinajstić information content (AvgIpc) is 2.57. The van der Waals surface area contributed by atoms with Crippen molar-refractivity contribution in [1.82, 2.24) is 4.57 Å². The van der Waals surface area contributed by atoms with Crippen molar-refractivity contribution in [3.63, 3.8) is 0 Å². The van der Waals surface area contributed by atoms with E-state index in [0.717, 1.165) is 5.56 Å². The van der Waals surface area contributed by atoms with Crippen LogP contribution in [0.4, 0.5) is 5.69 Å². The van der Waals surface area contributed by atoms with Crippen LogP contribution in [0.15, 0.2) is 65.6 Å². The highest BCUT2D eigenvalue weighted by Crippen LogP contribution is 2.23. The number of rotatable bonds is 4. The number of hydrogen-bond acceptors (Lipinski definition) is 2. The lowest BCUT2D eigenvalue weighted by Crippen LogP contribution is -2.22. The number of anilines is 1. The summed E-state index contributed by atoms with van der Waals surface area (Å²) >= 11 is 18.0. The maximum absolute atomic E-state index is 12.5. The summed E-state index contributed by atoms with van der Waals surface area (Å²) in [6, 6.07) is 14.8. The predicted molar refractivity (Wildman–Crippen MR) is 106 cm³/mol. The molecular weight excluding hydrogens is 395 g/mol. The Bertz CT molecular complexity index is 1010. The molecule has 26 heavy (non-hydrogen) atoms. The Balaban J connectivity index is 1.85. The van der Waals surface area contributed by atoms with Gasteiger partial charge in [-0.3, -0.25) is 9.59 Å². The first-order valence-corrected chi connectivity index (χ1v) is 8.77. The number of amides is 1. The van der Waals surface area contributed by atoms with Gasteiger partial charge in [-0.1, -0.05) is 53.0 Å². The van der Waals surface area contributed by atoms with Crippen molar-refractivity contribution in [2.45, 2.75) is 6.54 Å². The highest BCUT2D eigenvalue weighted by Gasteiger charge is 2.10. The summed E-state index contributed by atoms with van der Waals surface area (Å²) in [5, 5.41) is 4.10. The molecule has 3 aromatic rings. The van der Waals surface area contributed by atoms with Gasteiger partial charge in [-0.15, -0.1) is 0 Å². The minimum Gasteiger partial charge on any atom is -0.322 e. The number of halogens is 3. The summed E-state index contributed by atoms with van der Waals surface area (Å²) < 4.78 is 1.43. The fourth-order valence-electron chi connectivity index (χ4n) is 2.43. The lowest BCUT2D eigenvalue weighted by molar-refractivity contribution is 0.102. The quantitative estimate of drug-likeness (QED) is 0.653. The zero-order valence-corrected chi connectivity index (χ0v) is 15.6. The first kappa shape index (κ1) is 18.5. The van der Waals surface area contributed by atoms with E-state index >= 15 is 0 Å². The lowest BCUT2D eigenvalue weighted by Gasteiger charge is -2.10. The second kappa shape index (κ2) is 7.96.